The van der Waals surface area contributed by atoms with Gasteiger partial charge in [-0.1, -0.05) is 0 Å². The number of pyridine rings is 1. The highest BCUT2D eigenvalue weighted by Gasteiger charge is 2.17. The molecule has 0 saturated heterocycles. The Labute approximate surface area is 108 Å². The van der Waals surface area contributed by atoms with Gasteiger partial charge in [0.2, 0.25) is 0 Å². The summed E-state index contributed by atoms with van der Waals surface area (Å²) in [5.41, 5.74) is 0.775. The minimum atomic E-state index is -1.01. The summed E-state index contributed by atoms with van der Waals surface area (Å²) in [6, 6.07) is 5.16. The fourth-order valence-electron chi connectivity index (χ4n) is 1.73. The number of nitrogens with zero attached hydrogens (tertiary/aromatic N) is 2. The lowest BCUT2D eigenvalue weighted by Crippen LogP contribution is -2.25. The van der Waals surface area contributed by atoms with Crippen molar-refractivity contribution in [1.82, 2.24) is 4.98 Å². The monoisotopic (exact) mass is 261 g/mol. The first-order valence-electron chi connectivity index (χ1n) is 5.52. The average molecular weight is 261 g/mol. The first-order chi connectivity index (χ1) is 9.00. The number of rotatable bonds is 4. The molecule has 0 bridgehead atoms. The van der Waals surface area contributed by atoms with Crippen LogP contribution in [-0.4, -0.2) is 27.0 Å². The van der Waals surface area contributed by atoms with Crippen LogP contribution in [0.15, 0.2) is 30.5 Å². The third-order valence-electron chi connectivity index (χ3n) is 2.69. The Morgan fingerprint density at radius 2 is 2.21 bits per heavy atom. The van der Waals surface area contributed by atoms with Crippen LogP contribution in [0.5, 0.6) is 0 Å². The van der Waals surface area contributed by atoms with E-state index in [1.54, 1.807) is 12.1 Å². The molecule has 1 aromatic carbocycles. The van der Waals surface area contributed by atoms with E-state index in [4.69, 9.17) is 5.11 Å². The van der Waals surface area contributed by atoms with Gasteiger partial charge in [-0.05, 0) is 25.1 Å². The lowest BCUT2D eigenvalue weighted by atomic mass is 10.1. The number of carboxylic acid groups (broad SMARTS) is 1. The van der Waals surface area contributed by atoms with E-state index in [0.29, 0.717) is 16.6 Å². The van der Waals surface area contributed by atoms with Crippen molar-refractivity contribution in [3.63, 3.8) is 0 Å². The highest BCUT2D eigenvalue weighted by Crippen LogP contribution is 2.29. The van der Waals surface area contributed by atoms with Gasteiger partial charge < -0.3 is 10.4 Å². The molecule has 0 saturated carbocycles. The number of nitrogens with one attached hydrogen (secondary N) is 1. The maximum absolute atomic E-state index is 10.9. The Hall–Kier alpha value is -2.70. The summed E-state index contributed by atoms with van der Waals surface area (Å²) >= 11 is 0. The summed E-state index contributed by atoms with van der Waals surface area (Å²) in [5, 5.41) is 22.9. The van der Waals surface area contributed by atoms with Crippen molar-refractivity contribution in [3.05, 3.63) is 40.6 Å². The van der Waals surface area contributed by atoms with Crippen molar-refractivity contribution in [2.75, 3.05) is 5.32 Å². The molecule has 2 aromatic rings. The van der Waals surface area contributed by atoms with Gasteiger partial charge >= 0.3 is 5.97 Å². The number of carboxylic acids is 1. The smallest absolute Gasteiger partial charge is 0.325 e. The van der Waals surface area contributed by atoms with Crippen LogP contribution in [-0.2, 0) is 4.79 Å². The second-order valence-corrected chi connectivity index (χ2v) is 3.99. The molecule has 98 valence electrons. The highest BCUT2D eigenvalue weighted by atomic mass is 16.6. The maximum atomic E-state index is 10.9. The maximum Gasteiger partial charge on any atom is 0.325 e. The molecule has 7 nitrogen and oxygen atoms in total. The fraction of sp³-hybridized carbons (Fsp3) is 0.167. The number of carbonyl (C=O) groups is 1. The number of fused-ring (bicyclic) bond motifs is 1. The Bertz CT molecular complexity index is 656. The Balaban J connectivity index is 2.55. The lowest BCUT2D eigenvalue weighted by molar-refractivity contribution is -0.383. The Kier molecular flexibility index (Phi) is 3.28. The molecule has 0 aliphatic carbocycles. The van der Waals surface area contributed by atoms with Crippen molar-refractivity contribution in [2.45, 2.75) is 13.0 Å². The normalized spacial score (nSPS) is 12.1. The van der Waals surface area contributed by atoms with Gasteiger partial charge in [-0.2, -0.15) is 0 Å². The van der Waals surface area contributed by atoms with Gasteiger partial charge in [0.1, 0.15) is 11.6 Å². The van der Waals surface area contributed by atoms with Crippen molar-refractivity contribution in [2.24, 2.45) is 0 Å². The fourth-order valence-corrected chi connectivity index (χ4v) is 1.73. The summed E-state index contributed by atoms with van der Waals surface area (Å²) in [4.78, 5) is 25.3. The lowest BCUT2D eigenvalue weighted by Gasteiger charge is -2.12. The molecule has 1 heterocycles. The molecule has 0 fully saturated rings. The van der Waals surface area contributed by atoms with Crippen LogP contribution in [0.2, 0.25) is 0 Å². The molecule has 0 spiro atoms. The van der Waals surface area contributed by atoms with E-state index in [-0.39, 0.29) is 5.69 Å². The van der Waals surface area contributed by atoms with E-state index < -0.39 is 16.9 Å². The van der Waals surface area contributed by atoms with Gasteiger partial charge in [0.25, 0.3) is 5.69 Å². The molecule has 19 heavy (non-hydrogen) atoms. The third-order valence-corrected chi connectivity index (χ3v) is 2.69. The van der Waals surface area contributed by atoms with Gasteiger partial charge in [-0.3, -0.25) is 19.9 Å². The van der Waals surface area contributed by atoms with Crippen molar-refractivity contribution < 1.29 is 14.8 Å². The number of non-ortho nitro benzene ring substituents is 1. The van der Waals surface area contributed by atoms with E-state index in [0.717, 1.165) is 0 Å². The standard InChI is InChI=1S/C12H11N3O4/c1-7(12(16)17)14-9-4-5-10(15(18)19)8-3-2-6-13-11(8)9/h2-7,14H,1H3,(H,16,17). The highest BCUT2D eigenvalue weighted by molar-refractivity contribution is 5.97. The Morgan fingerprint density at radius 1 is 1.47 bits per heavy atom. The predicted molar refractivity (Wildman–Crippen MR) is 69.1 cm³/mol. The van der Waals surface area contributed by atoms with Crippen LogP contribution in [0.25, 0.3) is 10.9 Å². The first-order valence-corrected chi connectivity index (χ1v) is 5.52. The second kappa shape index (κ2) is 4.89. The van der Waals surface area contributed by atoms with Gasteiger partial charge in [-0.25, -0.2) is 0 Å². The molecular weight excluding hydrogens is 250 g/mol. The van der Waals surface area contributed by atoms with E-state index in [1.165, 1.54) is 25.3 Å². The third kappa shape index (κ3) is 2.44. The summed E-state index contributed by atoms with van der Waals surface area (Å²) in [6.07, 6.45) is 1.50. The van der Waals surface area contributed by atoms with E-state index in [1.807, 2.05) is 0 Å². The van der Waals surface area contributed by atoms with Crippen molar-refractivity contribution >= 4 is 28.2 Å². The molecule has 7 heteroatoms. The van der Waals surface area contributed by atoms with Gasteiger partial charge in [0, 0.05) is 12.3 Å². The number of anilines is 1. The van der Waals surface area contributed by atoms with Crippen LogP contribution in [0.1, 0.15) is 6.92 Å². The summed E-state index contributed by atoms with van der Waals surface area (Å²) in [6.45, 7) is 1.48. The molecule has 1 atom stereocenters. The summed E-state index contributed by atoms with van der Waals surface area (Å²) in [7, 11) is 0. The molecule has 2 N–H and O–H groups in total. The van der Waals surface area contributed by atoms with Gasteiger partial charge in [0.15, 0.2) is 0 Å². The minimum Gasteiger partial charge on any atom is -0.480 e. The van der Waals surface area contributed by atoms with Crippen molar-refractivity contribution in [3.8, 4) is 0 Å². The number of aliphatic carboxylic acids is 1. The first kappa shape index (κ1) is 12.7. The quantitative estimate of drug-likeness (QED) is 0.644. The summed E-state index contributed by atoms with van der Waals surface area (Å²) in [5.74, 6) is -1.01. The predicted octanol–water partition coefficient (Wildman–Crippen LogP) is 2.03. The molecule has 1 aromatic heterocycles. The minimum absolute atomic E-state index is 0.0587. The topological polar surface area (TPSA) is 105 Å². The molecule has 0 aliphatic heterocycles. The molecule has 1 unspecified atom stereocenters. The van der Waals surface area contributed by atoms with E-state index in [9.17, 15) is 14.9 Å². The number of aromatic nitrogens is 1. The molecule has 0 radical (unpaired) electrons. The van der Waals surface area contributed by atoms with Crippen LogP contribution in [0.4, 0.5) is 11.4 Å². The van der Waals surface area contributed by atoms with Crippen LogP contribution in [0.3, 0.4) is 0 Å². The molecule has 0 aliphatic rings. The molecular formula is C12H11N3O4. The van der Waals surface area contributed by atoms with Gasteiger partial charge in [-0.15, -0.1) is 0 Å². The molecule has 0 amide bonds. The number of benzene rings is 1. The zero-order chi connectivity index (χ0) is 14.0. The number of nitro benzene ring substituents is 1. The number of hydrogen-bond donors (Lipinski definition) is 2. The largest absolute Gasteiger partial charge is 0.480 e. The Morgan fingerprint density at radius 3 is 2.84 bits per heavy atom. The number of hydrogen-bond acceptors (Lipinski definition) is 5. The SMILES string of the molecule is CC(Nc1ccc([N+](=O)[O-])c2cccnc12)C(=O)O. The van der Waals surface area contributed by atoms with E-state index in [2.05, 4.69) is 10.3 Å². The summed E-state index contributed by atoms with van der Waals surface area (Å²) < 4.78 is 0. The van der Waals surface area contributed by atoms with Crippen LogP contribution < -0.4 is 5.32 Å². The van der Waals surface area contributed by atoms with Gasteiger partial charge in [0.05, 0.1) is 16.0 Å². The zero-order valence-electron chi connectivity index (χ0n) is 10.0. The van der Waals surface area contributed by atoms with Crippen molar-refractivity contribution in [1.29, 1.82) is 0 Å². The van der Waals surface area contributed by atoms with Crippen LogP contribution in [0, 0.1) is 10.1 Å². The second-order valence-electron chi connectivity index (χ2n) is 3.99. The number of nitro groups is 1. The zero-order valence-corrected chi connectivity index (χ0v) is 10.0. The van der Waals surface area contributed by atoms with Crippen LogP contribution >= 0.6 is 0 Å². The van der Waals surface area contributed by atoms with E-state index >= 15 is 0 Å². The average Bonchev–Trinajstić information content (AvgIpc) is 2.38. The molecule has 2 rings (SSSR count).